The third-order valence-corrected chi connectivity index (χ3v) is 2.64. The van der Waals surface area contributed by atoms with Crippen molar-refractivity contribution in [1.29, 1.82) is 0 Å². The van der Waals surface area contributed by atoms with Crippen LogP contribution in [0, 0.1) is 0 Å². The summed E-state index contributed by atoms with van der Waals surface area (Å²) in [6.45, 7) is 2.93. The second-order valence-electron chi connectivity index (χ2n) is 4.51. The van der Waals surface area contributed by atoms with Crippen LogP contribution in [0.5, 0.6) is 0 Å². The van der Waals surface area contributed by atoms with Crippen molar-refractivity contribution in [3.8, 4) is 0 Å². The molecule has 108 valence electrons. The van der Waals surface area contributed by atoms with Gasteiger partial charge in [-0.2, -0.15) is 0 Å². The van der Waals surface area contributed by atoms with Gasteiger partial charge in [-0.15, -0.1) is 0 Å². The Morgan fingerprint density at radius 2 is 2.00 bits per heavy atom. The normalized spacial score (nSPS) is 11.5. The predicted molar refractivity (Wildman–Crippen MR) is 74.3 cm³/mol. The molecule has 0 bridgehead atoms. The van der Waals surface area contributed by atoms with E-state index in [4.69, 9.17) is 5.11 Å². The molecule has 1 rings (SSSR count). The summed E-state index contributed by atoms with van der Waals surface area (Å²) in [5.74, 6) is -1.46. The largest absolute Gasteiger partial charge is 0.481 e. The zero-order chi connectivity index (χ0) is 15.1. The van der Waals surface area contributed by atoms with Crippen LogP contribution in [-0.4, -0.2) is 28.9 Å². The Balaban J connectivity index is 2.63. The number of benzene rings is 1. The number of anilines is 1. The van der Waals surface area contributed by atoms with Gasteiger partial charge in [0.1, 0.15) is 6.04 Å². The topological polar surface area (TPSA) is 95.5 Å². The van der Waals surface area contributed by atoms with Crippen molar-refractivity contribution in [3.63, 3.8) is 0 Å². The van der Waals surface area contributed by atoms with Crippen LogP contribution in [0.3, 0.4) is 0 Å². The third-order valence-electron chi connectivity index (χ3n) is 2.64. The van der Waals surface area contributed by atoms with E-state index in [-0.39, 0.29) is 18.2 Å². The van der Waals surface area contributed by atoms with E-state index >= 15 is 0 Å². The molecule has 6 heteroatoms. The third kappa shape index (κ3) is 5.51. The molecule has 1 aromatic rings. The number of aliphatic carboxylic acids is 1. The van der Waals surface area contributed by atoms with Crippen LogP contribution in [0.15, 0.2) is 24.3 Å². The van der Waals surface area contributed by atoms with Gasteiger partial charge in [-0.05, 0) is 31.0 Å². The van der Waals surface area contributed by atoms with E-state index in [2.05, 4.69) is 10.6 Å². The van der Waals surface area contributed by atoms with E-state index in [1.54, 1.807) is 31.2 Å². The van der Waals surface area contributed by atoms with Crippen molar-refractivity contribution in [2.75, 3.05) is 5.32 Å². The molecule has 0 aliphatic rings. The predicted octanol–water partition coefficient (Wildman–Crippen LogP) is 1.17. The van der Waals surface area contributed by atoms with E-state index in [1.165, 1.54) is 6.92 Å². The highest BCUT2D eigenvalue weighted by molar-refractivity contribution is 5.96. The molecule has 0 fully saturated rings. The summed E-state index contributed by atoms with van der Waals surface area (Å²) < 4.78 is 0. The summed E-state index contributed by atoms with van der Waals surface area (Å²) in [5.41, 5.74) is 1.41. The molecule has 0 aliphatic heterocycles. The molecular formula is C14H18N2O4. The minimum atomic E-state index is -0.862. The SMILES string of the molecule is CC(=O)NC(C)C(=O)Nc1cccc(CCC(=O)O)c1. The Bertz CT molecular complexity index is 514. The van der Waals surface area contributed by atoms with Gasteiger partial charge in [0.2, 0.25) is 11.8 Å². The van der Waals surface area contributed by atoms with Gasteiger partial charge in [0.25, 0.3) is 0 Å². The summed E-state index contributed by atoms with van der Waals surface area (Å²) in [7, 11) is 0. The average Bonchev–Trinajstić information content (AvgIpc) is 2.36. The Morgan fingerprint density at radius 3 is 2.60 bits per heavy atom. The van der Waals surface area contributed by atoms with E-state index in [0.29, 0.717) is 12.1 Å². The van der Waals surface area contributed by atoms with Gasteiger partial charge < -0.3 is 15.7 Å². The van der Waals surface area contributed by atoms with Crippen LogP contribution >= 0.6 is 0 Å². The van der Waals surface area contributed by atoms with E-state index in [0.717, 1.165) is 5.56 Å². The number of hydrogen-bond donors (Lipinski definition) is 3. The summed E-state index contributed by atoms with van der Waals surface area (Å²) in [4.78, 5) is 33.2. The molecule has 1 unspecified atom stereocenters. The van der Waals surface area contributed by atoms with Crippen molar-refractivity contribution >= 4 is 23.5 Å². The van der Waals surface area contributed by atoms with Crippen LogP contribution in [0.25, 0.3) is 0 Å². The quantitative estimate of drug-likeness (QED) is 0.727. The first-order valence-electron chi connectivity index (χ1n) is 6.27. The number of carbonyl (C=O) groups excluding carboxylic acids is 2. The minimum absolute atomic E-state index is 0.0414. The number of aryl methyl sites for hydroxylation is 1. The maximum Gasteiger partial charge on any atom is 0.303 e. The number of carboxylic acid groups (broad SMARTS) is 1. The van der Waals surface area contributed by atoms with Crippen molar-refractivity contribution in [1.82, 2.24) is 5.32 Å². The molecule has 0 spiro atoms. The number of amides is 2. The fourth-order valence-corrected chi connectivity index (χ4v) is 1.68. The number of carboxylic acids is 1. The van der Waals surface area contributed by atoms with E-state index in [1.807, 2.05) is 0 Å². The zero-order valence-electron chi connectivity index (χ0n) is 11.5. The van der Waals surface area contributed by atoms with E-state index < -0.39 is 12.0 Å². The fourth-order valence-electron chi connectivity index (χ4n) is 1.68. The maximum atomic E-state index is 11.8. The molecule has 0 aromatic heterocycles. The second-order valence-corrected chi connectivity index (χ2v) is 4.51. The van der Waals surface area contributed by atoms with Crippen molar-refractivity contribution in [2.24, 2.45) is 0 Å². The highest BCUT2D eigenvalue weighted by atomic mass is 16.4. The summed E-state index contributed by atoms with van der Waals surface area (Å²) in [6.07, 6.45) is 0.444. The standard InChI is InChI=1S/C14H18N2O4/c1-9(15-10(2)17)14(20)16-12-5-3-4-11(8-12)6-7-13(18)19/h3-5,8-9H,6-7H2,1-2H3,(H,15,17)(H,16,20)(H,18,19). The Kier molecular flexibility index (Phi) is 5.71. The second kappa shape index (κ2) is 7.28. The van der Waals surface area contributed by atoms with Gasteiger partial charge in [-0.3, -0.25) is 14.4 Å². The number of nitrogens with one attached hydrogen (secondary N) is 2. The number of carbonyl (C=O) groups is 3. The van der Waals surface area contributed by atoms with E-state index in [9.17, 15) is 14.4 Å². The highest BCUT2D eigenvalue weighted by Crippen LogP contribution is 2.12. The molecule has 1 aromatic carbocycles. The molecule has 0 radical (unpaired) electrons. The molecular weight excluding hydrogens is 260 g/mol. The first kappa shape index (κ1) is 15.7. The van der Waals surface area contributed by atoms with Crippen molar-refractivity contribution in [2.45, 2.75) is 32.7 Å². The van der Waals surface area contributed by atoms with Crippen LogP contribution in [0.4, 0.5) is 5.69 Å². The lowest BCUT2D eigenvalue weighted by atomic mass is 10.1. The summed E-state index contributed by atoms with van der Waals surface area (Å²) in [5, 5.41) is 13.8. The molecule has 0 heterocycles. The lowest BCUT2D eigenvalue weighted by molar-refractivity contribution is -0.137. The van der Waals surface area contributed by atoms with Gasteiger partial charge in [0, 0.05) is 19.0 Å². The van der Waals surface area contributed by atoms with Gasteiger partial charge in [-0.1, -0.05) is 12.1 Å². The Hall–Kier alpha value is -2.37. The average molecular weight is 278 g/mol. The lowest BCUT2D eigenvalue weighted by Gasteiger charge is -2.13. The maximum absolute atomic E-state index is 11.8. The van der Waals surface area contributed by atoms with Crippen molar-refractivity contribution < 1.29 is 19.5 Å². The molecule has 3 N–H and O–H groups in total. The van der Waals surface area contributed by atoms with Crippen LogP contribution in [-0.2, 0) is 20.8 Å². The Labute approximate surface area is 117 Å². The van der Waals surface area contributed by atoms with Crippen LogP contribution < -0.4 is 10.6 Å². The van der Waals surface area contributed by atoms with Gasteiger partial charge >= 0.3 is 5.97 Å². The lowest BCUT2D eigenvalue weighted by Crippen LogP contribution is -2.40. The molecule has 0 aliphatic carbocycles. The summed E-state index contributed by atoms with van der Waals surface area (Å²) >= 11 is 0. The molecule has 0 saturated carbocycles. The first-order valence-corrected chi connectivity index (χ1v) is 6.27. The number of rotatable bonds is 6. The van der Waals surface area contributed by atoms with Crippen LogP contribution in [0.1, 0.15) is 25.8 Å². The zero-order valence-corrected chi connectivity index (χ0v) is 11.5. The molecule has 6 nitrogen and oxygen atoms in total. The monoisotopic (exact) mass is 278 g/mol. The van der Waals surface area contributed by atoms with Gasteiger partial charge in [0.15, 0.2) is 0 Å². The van der Waals surface area contributed by atoms with Crippen molar-refractivity contribution in [3.05, 3.63) is 29.8 Å². The van der Waals surface area contributed by atoms with Gasteiger partial charge in [0.05, 0.1) is 0 Å². The fraction of sp³-hybridized carbons (Fsp3) is 0.357. The van der Waals surface area contributed by atoms with Gasteiger partial charge in [-0.25, -0.2) is 0 Å². The molecule has 2 amide bonds. The Morgan fingerprint density at radius 1 is 1.30 bits per heavy atom. The molecule has 0 saturated heterocycles. The first-order chi connectivity index (χ1) is 9.38. The minimum Gasteiger partial charge on any atom is -0.481 e. The molecule has 1 atom stereocenters. The molecule has 20 heavy (non-hydrogen) atoms. The summed E-state index contributed by atoms with van der Waals surface area (Å²) in [6, 6.07) is 6.35. The highest BCUT2D eigenvalue weighted by Gasteiger charge is 2.13. The smallest absolute Gasteiger partial charge is 0.303 e. The number of hydrogen-bond acceptors (Lipinski definition) is 3. The van der Waals surface area contributed by atoms with Crippen LogP contribution in [0.2, 0.25) is 0 Å².